The minimum absolute atomic E-state index is 0.102. The number of aromatic nitrogens is 2. The largest absolute Gasteiger partial charge is 0.275 e. The molecule has 0 saturated heterocycles. The Morgan fingerprint density at radius 2 is 2.08 bits per heavy atom. The first-order valence-corrected chi connectivity index (χ1v) is 4.11. The summed E-state index contributed by atoms with van der Waals surface area (Å²) in [5.74, 6) is 0. The summed E-state index contributed by atoms with van der Waals surface area (Å²) in [4.78, 5) is 0. The molecule has 66 valence electrons. The first kappa shape index (κ1) is 9.04. The second-order valence-electron chi connectivity index (χ2n) is 4.06. The van der Waals surface area contributed by atoms with Gasteiger partial charge in [0.05, 0.1) is 5.69 Å². The summed E-state index contributed by atoms with van der Waals surface area (Å²) in [5, 5.41) is 4.40. The molecule has 0 saturated carbocycles. The molecule has 0 fully saturated rings. The van der Waals surface area contributed by atoms with Crippen LogP contribution in [0.15, 0.2) is 12.8 Å². The van der Waals surface area contributed by atoms with Crippen LogP contribution in [0.5, 0.6) is 0 Å². The van der Waals surface area contributed by atoms with Crippen molar-refractivity contribution in [3.05, 3.63) is 24.0 Å². The molecule has 0 radical (unpaired) electrons. The van der Waals surface area contributed by atoms with E-state index in [1.807, 2.05) is 24.0 Å². The molecule has 0 atom stereocenters. The molecule has 0 aromatic carbocycles. The summed E-state index contributed by atoms with van der Waals surface area (Å²) in [6.07, 6.45) is 3.85. The van der Waals surface area contributed by atoms with Gasteiger partial charge >= 0.3 is 0 Å². The molecular formula is C10H16N2. The first-order chi connectivity index (χ1) is 5.45. The maximum absolute atomic E-state index is 4.40. The van der Waals surface area contributed by atoms with E-state index in [1.165, 1.54) is 0 Å². The van der Waals surface area contributed by atoms with E-state index in [9.17, 15) is 0 Å². The quantitative estimate of drug-likeness (QED) is 0.623. The van der Waals surface area contributed by atoms with Crippen LogP contribution in [0.3, 0.4) is 0 Å². The maximum Gasteiger partial charge on any atom is 0.0749 e. The lowest BCUT2D eigenvalue weighted by atomic mass is 9.90. The van der Waals surface area contributed by atoms with Crippen molar-refractivity contribution in [1.82, 2.24) is 9.78 Å². The molecule has 2 nitrogen and oxygen atoms in total. The van der Waals surface area contributed by atoms with Crippen molar-refractivity contribution in [1.29, 1.82) is 0 Å². The van der Waals surface area contributed by atoms with Crippen LogP contribution in [0.4, 0.5) is 0 Å². The van der Waals surface area contributed by atoms with Gasteiger partial charge in [0, 0.05) is 24.2 Å². The third-order valence-electron chi connectivity index (χ3n) is 1.79. The van der Waals surface area contributed by atoms with Gasteiger partial charge in [-0.15, -0.1) is 0 Å². The summed E-state index contributed by atoms with van der Waals surface area (Å²) in [6.45, 7) is 10.2. The highest BCUT2D eigenvalue weighted by molar-refractivity contribution is 5.50. The van der Waals surface area contributed by atoms with Crippen LogP contribution in [-0.4, -0.2) is 9.78 Å². The summed E-state index contributed by atoms with van der Waals surface area (Å²) < 4.78 is 1.83. The van der Waals surface area contributed by atoms with Crippen molar-refractivity contribution in [2.75, 3.05) is 0 Å². The van der Waals surface area contributed by atoms with Gasteiger partial charge in [-0.3, -0.25) is 4.68 Å². The van der Waals surface area contributed by atoms with Gasteiger partial charge in [-0.1, -0.05) is 33.4 Å². The van der Waals surface area contributed by atoms with Crippen molar-refractivity contribution in [2.24, 2.45) is 7.05 Å². The molecule has 12 heavy (non-hydrogen) atoms. The van der Waals surface area contributed by atoms with Crippen LogP contribution in [-0.2, 0) is 12.5 Å². The number of hydrogen-bond acceptors (Lipinski definition) is 1. The zero-order chi connectivity index (χ0) is 9.35. The monoisotopic (exact) mass is 164 g/mol. The van der Waals surface area contributed by atoms with Crippen LogP contribution in [0.2, 0.25) is 0 Å². The van der Waals surface area contributed by atoms with E-state index < -0.39 is 0 Å². The molecule has 0 bridgehead atoms. The number of hydrogen-bond donors (Lipinski definition) is 0. The van der Waals surface area contributed by atoms with Crippen LogP contribution >= 0.6 is 0 Å². The predicted molar refractivity (Wildman–Crippen MR) is 52.0 cm³/mol. The van der Waals surface area contributed by atoms with Gasteiger partial charge in [0.25, 0.3) is 0 Å². The minimum atomic E-state index is 0.102. The van der Waals surface area contributed by atoms with Crippen molar-refractivity contribution < 1.29 is 0 Å². The van der Waals surface area contributed by atoms with Crippen LogP contribution in [0.1, 0.15) is 32.0 Å². The molecule has 1 aromatic rings. The average molecular weight is 164 g/mol. The third kappa shape index (κ3) is 1.58. The normalized spacial score (nSPS) is 11.7. The summed E-state index contributed by atoms with van der Waals surface area (Å²) >= 11 is 0. The van der Waals surface area contributed by atoms with Gasteiger partial charge < -0.3 is 0 Å². The zero-order valence-electron chi connectivity index (χ0n) is 8.26. The first-order valence-electron chi connectivity index (χ1n) is 4.11. The molecule has 1 heterocycles. The van der Waals surface area contributed by atoms with Crippen LogP contribution < -0.4 is 0 Å². The summed E-state index contributed by atoms with van der Waals surface area (Å²) in [5.41, 5.74) is 2.34. The molecule has 1 aromatic heterocycles. The molecule has 0 unspecified atom stereocenters. The Morgan fingerprint density at radius 1 is 1.50 bits per heavy atom. The van der Waals surface area contributed by atoms with E-state index in [-0.39, 0.29) is 5.41 Å². The Bertz CT molecular complexity index is 289. The molecule has 0 aliphatic heterocycles. The average Bonchev–Trinajstić information content (AvgIpc) is 2.29. The minimum Gasteiger partial charge on any atom is -0.275 e. The zero-order valence-corrected chi connectivity index (χ0v) is 8.26. The molecule has 1 rings (SSSR count). The lowest BCUT2D eigenvalue weighted by molar-refractivity contribution is 0.552. The Morgan fingerprint density at radius 3 is 2.42 bits per heavy atom. The lowest BCUT2D eigenvalue weighted by Gasteiger charge is -2.15. The SMILES string of the molecule is C=Cc1cn(C)nc1C(C)(C)C. The van der Waals surface area contributed by atoms with E-state index in [2.05, 4.69) is 32.4 Å². The fourth-order valence-electron chi connectivity index (χ4n) is 1.24. The molecule has 2 heteroatoms. The predicted octanol–water partition coefficient (Wildman–Crippen LogP) is 2.36. The molecule has 0 amide bonds. The van der Waals surface area contributed by atoms with Gasteiger partial charge in [0.1, 0.15) is 0 Å². The third-order valence-corrected chi connectivity index (χ3v) is 1.79. The molecule has 0 spiro atoms. The molecule has 0 aliphatic carbocycles. The second-order valence-corrected chi connectivity index (χ2v) is 4.06. The van der Waals surface area contributed by atoms with Gasteiger partial charge in [0.2, 0.25) is 0 Å². The Hall–Kier alpha value is -1.05. The standard InChI is InChI=1S/C10H16N2/c1-6-8-7-12(5)11-9(8)10(2,3)4/h6-7H,1H2,2-5H3. The van der Waals surface area contributed by atoms with Crippen LogP contribution in [0, 0.1) is 0 Å². The Balaban J connectivity index is 3.22. The van der Waals surface area contributed by atoms with E-state index in [0.29, 0.717) is 0 Å². The lowest BCUT2D eigenvalue weighted by Crippen LogP contribution is -2.13. The molecule has 0 aliphatic rings. The van der Waals surface area contributed by atoms with Crippen LogP contribution in [0.25, 0.3) is 6.08 Å². The van der Waals surface area contributed by atoms with E-state index >= 15 is 0 Å². The van der Waals surface area contributed by atoms with Crippen molar-refractivity contribution in [3.8, 4) is 0 Å². The summed E-state index contributed by atoms with van der Waals surface area (Å²) in [7, 11) is 1.93. The maximum atomic E-state index is 4.40. The second kappa shape index (κ2) is 2.77. The summed E-state index contributed by atoms with van der Waals surface area (Å²) in [6, 6.07) is 0. The highest BCUT2D eigenvalue weighted by Gasteiger charge is 2.19. The topological polar surface area (TPSA) is 17.8 Å². The highest BCUT2D eigenvalue weighted by atomic mass is 15.3. The molecular weight excluding hydrogens is 148 g/mol. The number of rotatable bonds is 1. The smallest absolute Gasteiger partial charge is 0.0749 e. The van der Waals surface area contributed by atoms with E-state index in [0.717, 1.165) is 11.3 Å². The number of nitrogens with zero attached hydrogens (tertiary/aromatic N) is 2. The number of aryl methyl sites for hydroxylation is 1. The Kier molecular flexibility index (Phi) is 2.09. The Labute approximate surface area is 73.9 Å². The van der Waals surface area contributed by atoms with Crippen molar-refractivity contribution in [3.63, 3.8) is 0 Å². The van der Waals surface area contributed by atoms with Crippen molar-refractivity contribution >= 4 is 6.08 Å². The van der Waals surface area contributed by atoms with E-state index in [4.69, 9.17) is 0 Å². The fraction of sp³-hybridized carbons (Fsp3) is 0.500. The van der Waals surface area contributed by atoms with E-state index in [1.54, 1.807) is 0 Å². The van der Waals surface area contributed by atoms with Gasteiger partial charge in [0.15, 0.2) is 0 Å². The highest BCUT2D eigenvalue weighted by Crippen LogP contribution is 2.24. The van der Waals surface area contributed by atoms with Gasteiger partial charge in [-0.25, -0.2) is 0 Å². The van der Waals surface area contributed by atoms with Crippen molar-refractivity contribution in [2.45, 2.75) is 26.2 Å². The van der Waals surface area contributed by atoms with Gasteiger partial charge in [-0.2, -0.15) is 5.10 Å². The molecule has 0 N–H and O–H groups in total. The fourth-order valence-corrected chi connectivity index (χ4v) is 1.24. The van der Waals surface area contributed by atoms with Gasteiger partial charge in [-0.05, 0) is 0 Å².